The molecule has 0 spiro atoms. The van der Waals surface area contributed by atoms with Gasteiger partial charge in [0.25, 0.3) is 5.69 Å². The SMILES string of the molecule is Cc1[nH]ncc1CNc1ccc(C(N)=O)cc1[N+](=O)[O-]. The number of hydrogen-bond acceptors (Lipinski definition) is 5. The Morgan fingerprint density at radius 2 is 2.30 bits per heavy atom. The summed E-state index contributed by atoms with van der Waals surface area (Å²) in [7, 11) is 0. The Bertz CT molecular complexity index is 665. The number of benzene rings is 1. The maximum atomic E-state index is 11.0. The van der Waals surface area contributed by atoms with Gasteiger partial charge in [-0.1, -0.05) is 0 Å². The van der Waals surface area contributed by atoms with Gasteiger partial charge in [-0.2, -0.15) is 5.10 Å². The van der Waals surface area contributed by atoms with Crippen molar-refractivity contribution in [2.24, 2.45) is 5.73 Å². The molecule has 4 N–H and O–H groups in total. The first-order valence-electron chi connectivity index (χ1n) is 5.80. The van der Waals surface area contributed by atoms with Crippen LogP contribution in [0.1, 0.15) is 21.6 Å². The lowest BCUT2D eigenvalue weighted by Crippen LogP contribution is -2.12. The third kappa shape index (κ3) is 2.74. The largest absolute Gasteiger partial charge is 0.375 e. The number of carbonyl (C=O) groups excluding carboxylic acids is 1. The van der Waals surface area contributed by atoms with E-state index in [-0.39, 0.29) is 11.3 Å². The summed E-state index contributed by atoms with van der Waals surface area (Å²) in [6, 6.07) is 4.07. The summed E-state index contributed by atoms with van der Waals surface area (Å²) in [6.45, 7) is 2.24. The van der Waals surface area contributed by atoms with E-state index in [4.69, 9.17) is 5.73 Å². The number of hydrogen-bond donors (Lipinski definition) is 3. The summed E-state index contributed by atoms with van der Waals surface area (Å²) in [5.74, 6) is -0.703. The van der Waals surface area contributed by atoms with Gasteiger partial charge in [-0.25, -0.2) is 0 Å². The number of nitrogens with two attached hydrogens (primary N) is 1. The van der Waals surface area contributed by atoms with Crippen LogP contribution in [0.3, 0.4) is 0 Å². The summed E-state index contributed by atoms with van der Waals surface area (Å²) in [6.07, 6.45) is 1.64. The Kier molecular flexibility index (Phi) is 3.65. The number of rotatable bonds is 5. The molecule has 0 aliphatic rings. The number of nitrogens with zero attached hydrogens (tertiary/aromatic N) is 2. The molecule has 0 bridgehead atoms. The number of aromatic nitrogens is 2. The van der Waals surface area contributed by atoms with Crippen molar-refractivity contribution in [1.82, 2.24) is 10.2 Å². The molecule has 0 aliphatic heterocycles. The molecule has 8 heteroatoms. The van der Waals surface area contributed by atoms with Crippen LogP contribution in [0.2, 0.25) is 0 Å². The van der Waals surface area contributed by atoms with Gasteiger partial charge in [0.2, 0.25) is 5.91 Å². The Balaban J connectivity index is 2.25. The second-order valence-electron chi connectivity index (χ2n) is 4.23. The zero-order valence-electron chi connectivity index (χ0n) is 10.7. The molecule has 0 saturated carbocycles. The average Bonchev–Trinajstić information content (AvgIpc) is 2.81. The number of primary amides is 1. The van der Waals surface area contributed by atoms with Gasteiger partial charge in [0.05, 0.1) is 11.1 Å². The minimum Gasteiger partial charge on any atom is -0.375 e. The molecule has 0 aliphatic carbocycles. The van der Waals surface area contributed by atoms with E-state index in [1.165, 1.54) is 12.1 Å². The molecule has 2 rings (SSSR count). The van der Waals surface area contributed by atoms with E-state index < -0.39 is 10.8 Å². The van der Waals surface area contributed by atoms with Crippen LogP contribution in [0.15, 0.2) is 24.4 Å². The molecule has 1 amide bonds. The van der Waals surface area contributed by atoms with E-state index in [0.717, 1.165) is 17.3 Å². The van der Waals surface area contributed by atoms with Crippen molar-refractivity contribution >= 4 is 17.3 Å². The number of aromatic amines is 1. The Labute approximate surface area is 114 Å². The molecule has 1 aromatic carbocycles. The molecule has 0 atom stereocenters. The van der Waals surface area contributed by atoms with Crippen LogP contribution >= 0.6 is 0 Å². The highest BCUT2D eigenvalue weighted by atomic mass is 16.6. The molecule has 1 heterocycles. The normalized spacial score (nSPS) is 10.2. The maximum absolute atomic E-state index is 11.0. The second kappa shape index (κ2) is 5.39. The van der Waals surface area contributed by atoms with Crippen molar-refractivity contribution in [3.05, 3.63) is 51.3 Å². The second-order valence-corrected chi connectivity index (χ2v) is 4.23. The van der Waals surface area contributed by atoms with Crippen LogP contribution < -0.4 is 11.1 Å². The fourth-order valence-corrected chi connectivity index (χ4v) is 1.73. The molecular formula is C12H13N5O3. The molecule has 20 heavy (non-hydrogen) atoms. The van der Waals surface area contributed by atoms with E-state index in [0.29, 0.717) is 12.2 Å². The minimum absolute atomic E-state index is 0.0988. The van der Waals surface area contributed by atoms with Crippen LogP contribution in [0.5, 0.6) is 0 Å². The highest BCUT2D eigenvalue weighted by Crippen LogP contribution is 2.26. The van der Waals surface area contributed by atoms with Gasteiger partial charge >= 0.3 is 0 Å². The molecule has 0 unspecified atom stereocenters. The quantitative estimate of drug-likeness (QED) is 0.560. The van der Waals surface area contributed by atoms with Gasteiger partial charge in [0.15, 0.2) is 0 Å². The van der Waals surface area contributed by atoms with Crippen LogP contribution in [0.4, 0.5) is 11.4 Å². The number of nitrogens with one attached hydrogen (secondary N) is 2. The topological polar surface area (TPSA) is 127 Å². The van der Waals surface area contributed by atoms with E-state index in [2.05, 4.69) is 15.5 Å². The maximum Gasteiger partial charge on any atom is 0.293 e. The van der Waals surface area contributed by atoms with Crippen molar-refractivity contribution in [3.8, 4) is 0 Å². The zero-order valence-corrected chi connectivity index (χ0v) is 10.7. The molecule has 2 aromatic rings. The predicted molar refractivity (Wildman–Crippen MR) is 72.3 cm³/mol. The standard InChI is InChI=1S/C12H13N5O3/c1-7-9(6-15-16-7)5-14-10-3-2-8(12(13)18)4-11(10)17(19)20/h2-4,6,14H,5H2,1H3,(H2,13,18)(H,15,16). The first kappa shape index (κ1) is 13.5. The van der Waals surface area contributed by atoms with E-state index in [1.54, 1.807) is 6.20 Å². The molecule has 0 fully saturated rings. The summed E-state index contributed by atoms with van der Waals surface area (Å²) in [5, 5.41) is 20.6. The number of nitro benzene ring substituents is 1. The summed E-state index contributed by atoms with van der Waals surface area (Å²) < 4.78 is 0. The van der Waals surface area contributed by atoms with E-state index in [9.17, 15) is 14.9 Å². The number of H-pyrrole nitrogens is 1. The molecule has 0 saturated heterocycles. The smallest absolute Gasteiger partial charge is 0.293 e. The van der Waals surface area contributed by atoms with Crippen LogP contribution in [-0.4, -0.2) is 21.0 Å². The average molecular weight is 275 g/mol. The third-order valence-electron chi connectivity index (χ3n) is 2.88. The first-order chi connectivity index (χ1) is 9.49. The number of aryl methyl sites for hydroxylation is 1. The van der Waals surface area contributed by atoms with Crippen molar-refractivity contribution in [2.45, 2.75) is 13.5 Å². The highest BCUT2D eigenvalue weighted by Gasteiger charge is 2.16. The van der Waals surface area contributed by atoms with Crippen LogP contribution in [-0.2, 0) is 6.54 Å². The lowest BCUT2D eigenvalue weighted by molar-refractivity contribution is -0.384. The Morgan fingerprint density at radius 3 is 2.85 bits per heavy atom. The zero-order chi connectivity index (χ0) is 14.7. The van der Waals surface area contributed by atoms with Crippen molar-refractivity contribution < 1.29 is 9.72 Å². The Morgan fingerprint density at radius 1 is 1.55 bits per heavy atom. The molecule has 8 nitrogen and oxygen atoms in total. The van der Waals surface area contributed by atoms with E-state index >= 15 is 0 Å². The number of anilines is 1. The monoisotopic (exact) mass is 275 g/mol. The Hall–Kier alpha value is -2.90. The molecule has 0 radical (unpaired) electrons. The van der Waals surface area contributed by atoms with Crippen molar-refractivity contribution in [1.29, 1.82) is 0 Å². The van der Waals surface area contributed by atoms with Crippen molar-refractivity contribution in [3.63, 3.8) is 0 Å². The predicted octanol–water partition coefficient (Wildman–Crippen LogP) is 1.34. The lowest BCUT2D eigenvalue weighted by Gasteiger charge is -2.07. The van der Waals surface area contributed by atoms with Gasteiger partial charge in [0, 0.05) is 29.4 Å². The summed E-state index contributed by atoms with van der Waals surface area (Å²) in [4.78, 5) is 21.5. The minimum atomic E-state index is -0.703. The van der Waals surface area contributed by atoms with Crippen LogP contribution in [0, 0.1) is 17.0 Å². The molecule has 104 valence electrons. The fraction of sp³-hybridized carbons (Fsp3) is 0.167. The van der Waals surface area contributed by atoms with Gasteiger partial charge in [-0.05, 0) is 19.1 Å². The molecule has 1 aromatic heterocycles. The van der Waals surface area contributed by atoms with E-state index in [1.807, 2.05) is 6.92 Å². The highest BCUT2D eigenvalue weighted by molar-refractivity contribution is 5.94. The number of amides is 1. The van der Waals surface area contributed by atoms with Gasteiger partial charge in [-0.15, -0.1) is 0 Å². The van der Waals surface area contributed by atoms with Gasteiger partial charge in [-0.3, -0.25) is 20.0 Å². The van der Waals surface area contributed by atoms with Gasteiger partial charge < -0.3 is 11.1 Å². The number of carbonyl (C=O) groups is 1. The lowest BCUT2D eigenvalue weighted by atomic mass is 10.1. The van der Waals surface area contributed by atoms with Crippen LogP contribution in [0.25, 0.3) is 0 Å². The summed E-state index contributed by atoms with van der Waals surface area (Å²) in [5.41, 5.74) is 7.12. The third-order valence-corrected chi connectivity index (χ3v) is 2.88. The number of nitro groups is 1. The fourth-order valence-electron chi connectivity index (χ4n) is 1.73. The first-order valence-corrected chi connectivity index (χ1v) is 5.80. The van der Waals surface area contributed by atoms with Crippen molar-refractivity contribution in [2.75, 3.05) is 5.32 Å². The van der Waals surface area contributed by atoms with Gasteiger partial charge in [0.1, 0.15) is 5.69 Å². The molecular weight excluding hydrogens is 262 g/mol. The summed E-state index contributed by atoms with van der Waals surface area (Å²) >= 11 is 0.